The molecule has 2 rings (SSSR count). The first-order valence-electron chi connectivity index (χ1n) is 7.25. The third-order valence-corrected chi connectivity index (χ3v) is 4.11. The topological polar surface area (TPSA) is 17.8 Å². The monoisotopic (exact) mass is 296 g/mol. The van der Waals surface area contributed by atoms with E-state index in [2.05, 4.69) is 30.3 Å². The van der Waals surface area contributed by atoms with Crippen LogP contribution in [-0.2, 0) is 0 Å². The molecular weight excluding hydrogens is 275 g/mol. The van der Waals surface area contributed by atoms with Crippen LogP contribution in [0.1, 0.15) is 57.8 Å². The van der Waals surface area contributed by atoms with Crippen molar-refractivity contribution in [2.75, 3.05) is 0 Å². The smallest absolute Gasteiger partial charge is 0.127 e. The molecule has 0 aliphatic carbocycles. The third kappa shape index (κ3) is 2.98. The summed E-state index contributed by atoms with van der Waals surface area (Å²) in [4.78, 5) is 4.57. The zero-order valence-corrected chi connectivity index (χ0v) is 13.3. The molecular formula is C16H22ClFN2. The summed E-state index contributed by atoms with van der Waals surface area (Å²) in [6, 6.07) is 4.98. The molecule has 20 heavy (non-hydrogen) atoms. The Hall–Kier alpha value is -1.09. The number of benzene rings is 1. The fraction of sp³-hybridized carbons (Fsp3) is 0.562. The van der Waals surface area contributed by atoms with Gasteiger partial charge in [0, 0.05) is 6.04 Å². The number of hydrogen-bond donors (Lipinski definition) is 0. The van der Waals surface area contributed by atoms with Crippen LogP contribution in [0.25, 0.3) is 11.0 Å². The second-order valence-electron chi connectivity index (χ2n) is 5.69. The van der Waals surface area contributed by atoms with Gasteiger partial charge in [-0.15, -0.1) is 11.6 Å². The normalized spacial score (nSPS) is 16.3. The zero-order valence-electron chi connectivity index (χ0n) is 12.5. The highest BCUT2D eigenvalue weighted by Gasteiger charge is 2.20. The molecule has 0 saturated carbocycles. The molecule has 0 aliphatic heterocycles. The van der Waals surface area contributed by atoms with Crippen molar-refractivity contribution < 1.29 is 4.39 Å². The summed E-state index contributed by atoms with van der Waals surface area (Å²) in [5.41, 5.74) is 1.65. The Morgan fingerprint density at radius 2 is 2.00 bits per heavy atom. The van der Waals surface area contributed by atoms with E-state index in [1.807, 2.05) is 6.92 Å². The average molecular weight is 297 g/mol. The van der Waals surface area contributed by atoms with Crippen molar-refractivity contribution in [3.05, 3.63) is 29.8 Å². The number of aromatic nitrogens is 2. The Balaban J connectivity index is 2.52. The maximum absolute atomic E-state index is 13.5. The molecule has 3 unspecified atom stereocenters. The number of fused-ring (bicyclic) bond motifs is 1. The summed E-state index contributed by atoms with van der Waals surface area (Å²) < 4.78 is 15.6. The van der Waals surface area contributed by atoms with Gasteiger partial charge in [-0.3, -0.25) is 0 Å². The van der Waals surface area contributed by atoms with Gasteiger partial charge in [0.2, 0.25) is 0 Å². The standard InChI is InChI=1S/C16H22ClFN2/c1-5-10(2)8-11(3)20-15-9-13(18)6-7-14(15)19-16(20)12(4)17/h6-7,9-12H,5,8H2,1-4H3. The molecule has 0 spiro atoms. The van der Waals surface area contributed by atoms with Crippen LogP contribution >= 0.6 is 11.6 Å². The number of alkyl halides is 1. The van der Waals surface area contributed by atoms with Crippen molar-refractivity contribution in [3.8, 4) is 0 Å². The van der Waals surface area contributed by atoms with Crippen molar-refractivity contribution >= 4 is 22.6 Å². The maximum atomic E-state index is 13.5. The number of rotatable bonds is 5. The Bertz CT molecular complexity index is 591. The van der Waals surface area contributed by atoms with Gasteiger partial charge in [0.1, 0.15) is 11.6 Å². The third-order valence-electron chi connectivity index (χ3n) is 3.92. The van der Waals surface area contributed by atoms with E-state index in [0.717, 1.165) is 29.7 Å². The van der Waals surface area contributed by atoms with Crippen molar-refractivity contribution in [3.63, 3.8) is 0 Å². The van der Waals surface area contributed by atoms with E-state index < -0.39 is 0 Å². The van der Waals surface area contributed by atoms with Gasteiger partial charge in [-0.05, 0) is 44.4 Å². The highest BCUT2D eigenvalue weighted by molar-refractivity contribution is 6.20. The minimum Gasteiger partial charge on any atom is -0.324 e. The van der Waals surface area contributed by atoms with Crippen molar-refractivity contribution in [2.45, 2.75) is 52.0 Å². The Morgan fingerprint density at radius 1 is 1.30 bits per heavy atom. The lowest BCUT2D eigenvalue weighted by atomic mass is 10.00. The minimum atomic E-state index is -0.233. The molecule has 0 N–H and O–H groups in total. The maximum Gasteiger partial charge on any atom is 0.127 e. The van der Waals surface area contributed by atoms with E-state index in [4.69, 9.17) is 11.6 Å². The van der Waals surface area contributed by atoms with Gasteiger partial charge >= 0.3 is 0 Å². The first-order valence-corrected chi connectivity index (χ1v) is 7.69. The molecule has 0 aliphatic rings. The van der Waals surface area contributed by atoms with E-state index in [1.165, 1.54) is 6.07 Å². The number of nitrogens with zero attached hydrogens (tertiary/aromatic N) is 2. The molecule has 110 valence electrons. The highest BCUT2D eigenvalue weighted by Crippen LogP contribution is 2.31. The molecule has 1 aromatic carbocycles. The highest BCUT2D eigenvalue weighted by atomic mass is 35.5. The SMILES string of the molecule is CCC(C)CC(C)n1c(C(C)Cl)nc2ccc(F)cc21. The van der Waals surface area contributed by atoms with E-state index in [0.29, 0.717) is 5.92 Å². The van der Waals surface area contributed by atoms with E-state index >= 15 is 0 Å². The Kier molecular flexibility index (Phi) is 4.69. The Morgan fingerprint density at radius 3 is 2.60 bits per heavy atom. The summed E-state index contributed by atoms with van der Waals surface area (Å²) in [7, 11) is 0. The first-order chi connectivity index (χ1) is 9.43. The molecule has 2 aromatic rings. The van der Waals surface area contributed by atoms with Crippen LogP contribution in [0.15, 0.2) is 18.2 Å². The molecule has 1 aromatic heterocycles. The molecule has 0 amide bonds. The van der Waals surface area contributed by atoms with Crippen molar-refractivity contribution in [2.24, 2.45) is 5.92 Å². The van der Waals surface area contributed by atoms with E-state index in [9.17, 15) is 4.39 Å². The predicted molar refractivity (Wildman–Crippen MR) is 82.7 cm³/mol. The van der Waals surface area contributed by atoms with Crippen molar-refractivity contribution in [1.29, 1.82) is 0 Å². The van der Waals surface area contributed by atoms with Crippen LogP contribution in [-0.4, -0.2) is 9.55 Å². The van der Waals surface area contributed by atoms with Gasteiger partial charge in [0.25, 0.3) is 0 Å². The molecule has 2 nitrogen and oxygen atoms in total. The lowest BCUT2D eigenvalue weighted by Gasteiger charge is -2.21. The largest absolute Gasteiger partial charge is 0.324 e. The first kappa shape index (κ1) is 15.3. The lowest BCUT2D eigenvalue weighted by molar-refractivity contribution is 0.396. The quantitative estimate of drug-likeness (QED) is 0.669. The summed E-state index contributed by atoms with van der Waals surface area (Å²) in [5, 5.41) is -0.190. The van der Waals surface area contributed by atoms with Crippen LogP contribution < -0.4 is 0 Å². The van der Waals surface area contributed by atoms with Crippen molar-refractivity contribution in [1.82, 2.24) is 9.55 Å². The number of halogens is 2. The molecule has 4 heteroatoms. The molecule has 0 saturated heterocycles. The van der Waals surface area contributed by atoms with Gasteiger partial charge in [-0.25, -0.2) is 9.37 Å². The molecule has 0 radical (unpaired) electrons. The second-order valence-corrected chi connectivity index (χ2v) is 6.34. The predicted octanol–water partition coefficient (Wildman–Crippen LogP) is 5.47. The van der Waals surface area contributed by atoms with Crippen LogP contribution in [0.5, 0.6) is 0 Å². The van der Waals surface area contributed by atoms with Gasteiger partial charge in [0.05, 0.1) is 16.4 Å². The van der Waals surface area contributed by atoms with Crippen LogP contribution in [0.2, 0.25) is 0 Å². The summed E-state index contributed by atoms with van der Waals surface area (Å²) >= 11 is 6.26. The fourth-order valence-corrected chi connectivity index (χ4v) is 2.84. The van der Waals surface area contributed by atoms with E-state index in [1.54, 1.807) is 12.1 Å². The summed E-state index contributed by atoms with van der Waals surface area (Å²) in [6.07, 6.45) is 2.17. The Labute approximate surface area is 125 Å². The van der Waals surface area contributed by atoms with Gasteiger partial charge in [-0.2, -0.15) is 0 Å². The van der Waals surface area contributed by atoms with E-state index in [-0.39, 0.29) is 17.2 Å². The molecule has 0 bridgehead atoms. The summed E-state index contributed by atoms with van der Waals surface area (Å²) in [5.74, 6) is 1.21. The van der Waals surface area contributed by atoms with Crippen LogP contribution in [0.3, 0.4) is 0 Å². The average Bonchev–Trinajstić information content (AvgIpc) is 2.77. The molecule has 0 fully saturated rings. The summed E-state index contributed by atoms with van der Waals surface area (Å²) in [6.45, 7) is 8.49. The van der Waals surface area contributed by atoms with Gasteiger partial charge < -0.3 is 4.57 Å². The number of hydrogen-bond acceptors (Lipinski definition) is 1. The molecule has 1 heterocycles. The number of imidazole rings is 1. The van der Waals surface area contributed by atoms with Crippen LogP contribution in [0.4, 0.5) is 4.39 Å². The van der Waals surface area contributed by atoms with Gasteiger partial charge in [0.15, 0.2) is 0 Å². The van der Waals surface area contributed by atoms with Gasteiger partial charge in [-0.1, -0.05) is 20.3 Å². The molecule has 3 atom stereocenters. The zero-order chi connectivity index (χ0) is 14.9. The fourth-order valence-electron chi connectivity index (χ4n) is 2.68. The minimum absolute atomic E-state index is 0.190. The van der Waals surface area contributed by atoms with Crippen LogP contribution in [0, 0.1) is 11.7 Å². The second kappa shape index (κ2) is 6.13. The lowest BCUT2D eigenvalue weighted by Crippen LogP contribution is -2.13.